The van der Waals surface area contributed by atoms with E-state index in [1.54, 1.807) is 24.7 Å². The van der Waals surface area contributed by atoms with Gasteiger partial charge in [0.1, 0.15) is 22.7 Å². The number of ether oxygens (including phenoxy) is 2. The van der Waals surface area contributed by atoms with E-state index < -0.39 is 0 Å². The van der Waals surface area contributed by atoms with E-state index in [1.807, 2.05) is 49.5 Å². The Hall–Kier alpha value is -3.59. The molecule has 4 rings (SSSR count). The number of hydrogen-bond donors (Lipinski definition) is 0. The van der Waals surface area contributed by atoms with E-state index in [9.17, 15) is 4.79 Å². The smallest absolute Gasteiger partial charge is 0.276 e. The Bertz CT molecular complexity index is 1440. The third kappa shape index (κ3) is 5.24. The van der Waals surface area contributed by atoms with E-state index >= 15 is 0 Å². The standard InChI is InChI=1S/C26H26BrN5O3/c1-15(2)24-28-13-16(3)23(31-24)18-8-6-10-20(12-18)32-17(4)29-25(22(27)26(32)33)35-14-19-9-7-11-21(30-19)34-5/h6-13,15H,14H2,1-5H3. The van der Waals surface area contributed by atoms with Crippen molar-refractivity contribution < 1.29 is 9.47 Å². The van der Waals surface area contributed by atoms with Crippen LogP contribution in [0.25, 0.3) is 16.9 Å². The zero-order chi connectivity index (χ0) is 25.1. The van der Waals surface area contributed by atoms with Gasteiger partial charge in [-0.2, -0.15) is 4.98 Å². The van der Waals surface area contributed by atoms with Crippen molar-refractivity contribution in [1.82, 2.24) is 24.5 Å². The second kappa shape index (κ2) is 10.4. The lowest BCUT2D eigenvalue weighted by Crippen LogP contribution is -2.24. The molecule has 0 radical (unpaired) electrons. The maximum absolute atomic E-state index is 13.3. The minimum Gasteiger partial charge on any atom is -0.481 e. The highest BCUT2D eigenvalue weighted by Gasteiger charge is 2.17. The first-order chi connectivity index (χ1) is 16.8. The van der Waals surface area contributed by atoms with Crippen LogP contribution in [0.1, 0.15) is 42.7 Å². The van der Waals surface area contributed by atoms with Gasteiger partial charge in [-0.1, -0.05) is 32.0 Å². The van der Waals surface area contributed by atoms with Crippen LogP contribution in [0, 0.1) is 13.8 Å². The molecule has 0 spiro atoms. The second-order valence-corrected chi connectivity index (χ2v) is 9.14. The molecular weight excluding hydrogens is 510 g/mol. The molecule has 9 heteroatoms. The van der Waals surface area contributed by atoms with E-state index in [2.05, 4.69) is 44.7 Å². The van der Waals surface area contributed by atoms with Crippen molar-refractivity contribution in [1.29, 1.82) is 0 Å². The molecule has 0 fully saturated rings. The van der Waals surface area contributed by atoms with Crippen molar-refractivity contribution in [2.45, 2.75) is 40.2 Å². The van der Waals surface area contributed by atoms with Gasteiger partial charge in [-0.15, -0.1) is 0 Å². The average molecular weight is 536 g/mol. The van der Waals surface area contributed by atoms with Gasteiger partial charge in [0.15, 0.2) is 0 Å². The predicted molar refractivity (Wildman–Crippen MR) is 137 cm³/mol. The molecule has 0 atom stereocenters. The number of halogens is 1. The van der Waals surface area contributed by atoms with Gasteiger partial charge in [0.05, 0.1) is 24.2 Å². The molecule has 3 aromatic heterocycles. The Morgan fingerprint density at radius 1 is 1.06 bits per heavy atom. The van der Waals surface area contributed by atoms with E-state index in [0.29, 0.717) is 23.1 Å². The molecule has 4 aromatic rings. The minimum atomic E-state index is -0.273. The highest BCUT2D eigenvalue weighted by atomic mass is 79.9. The predicted octanol–water partition coefficient (Wildman–Crippen LogP) is 5.17. The summed E-state index contributed by atoms with van der Waals surface area (Å²) in [6, 6.07) is 13.1. The summed E-state index contributed by atoms with van der Waals surface area (Å²) in [6.07, 6.45) is 1.84. The summed E-state index contributed by atoms with van der Waals surface area (Å²) in [4.78, 5) is 31.4. The first-order valence-corrected chi connectivity index (χ1v) is 11.9. The fourth-order valence-corrected chi connectivity index (χ4v) is 3.98. The van der Waals surface area contributed by atoms with Crippen LogP contribution in [0.5, 0.6) is 11.8 Å². The Labute approximate surface area is 212 Å². The molecule has 0 aliphatic carbocycles. The number of aryl methyl sites for hydroxylation is 2. The van der Waals surface area contributed by atoms with Crippen LogP contribution in [0.15, 0.2) is 57.9 Å². The molecule has 0 saturated heterocycles. The largest absolute Gasteiger partial charge is 0.481 e. The van der Waals surface area contributed by atoms with Crippen LogP contribution >= 0.6 is 15.9 Å². The van der Waals surface area contributed by atoms with E-state index in [0.717, 1.165) is 22.6 Å². The zero-order valence-corrected chi connectivity index (χ0v) is 21.8. The third-order valence-corrected chi connectivity index (χ3v) is 6.08. The molecular formula is C26H26BrN5O3. The van der Waals surface area contributed by atoms with Crippen LogP contribution in [-0.4, -0.2) is 31.6 Å². The lowest BCUT2D eigenvalue weighted by molar-refractivity contribution is 0.282. The monoisotopic (exact) mass is 535 g/mol. The molecule has 1 aromatic carbocycles. The molecule has 0 N–H and O–H groups in total. The summed E-state index contributed by atoms with van der Waals surface area (Å²) in [5.41, 5.74) is 3.78. The van der Waals surface area contributed by atoms with Crippen LogP contribution in [0.4, 0.5) is 0 Å². The van der Waals surface area contributed by atoms with E-state index in [1.165, 1.54) is 0 Å². The Balaban J connectivity index is 1.68. The molecule has 0 unspecified atom stereocenters. The van der Waals surface area contributed by atoms with Crippen molar-refractivity contribution in [2.75, 3.05) is 7.11 Å². The number of nitrogens with zero attached hydrogens (tertiary/aromatic N) is 5. The first-order valence-electron chi connectivity index (χ1n) is 11.1. The van der Waals surface area contributed by atoms with Gasteiger partial charge in [-0.05, 0) is 53.5 Å². The zero-order valence-electron chi connectivity index (χ0n) is 20.2. The SMILES string of the molecule is COc1cccc(COc2nc(C)n(-c3cccc(-c4nc(C(C)C)ncc4C)c3)c(=O)c2Br)n1. The van der Waals surface area contributed by atoms with Crippen molar-refractivity contribution in [3.8, 4) is 28.7 Å². The van der Waals surface area contributed by atoms with Gasteiger partial charge in [0.25, 0.3) is 5.56 Å². The summed E-state index contributed by atoms with van der Waals surface area (Å²) in [6.45, 7) is 8.01. The highest BCUT2D eigenvalue weighted by molar-refractivity contribution is 9.10. The average Bonchev–Trinajstić information content (AvgIpc) is 2.86. The molecule has 180 valence electrons. The number of aromatic nitrogens is 5. The number of benzene rings is 1. The Morgan fingerprint density at radius 3 is 2.57 bits per heavy atom. The molecule has 0 aliphatic rings. The molecule has 0 amide bonds. The van der Waals surface area contributed by atoms with Gasteiger partial charge in [0.2, 0.25) is 11.8 Å². The first kappa shape index (κ1) is 24.5. The molecule has 0 aliphatic heterocycles. The molecule has 8 nitrogen and oxygen atoms in total. The van der Waals surface area contributed by atoms with Gasteiger partial charge in [0, 0.05) is 23.7 Å². The van der Waals surface area contributed by atoms with Crippen molar-refractivity contribution in [3.63, 3.8) is 0 Å². The van der Waals surface area contributed by atoms with Gasteiger partial charge in [-0.3, -0.25) is 9.36 Å². The normalized spacial score (nSPS) is 11.1. The molecule has 0 saturated carbocycles. The Kier molecular flexibility index (Phi) is 7.25. The maximum atomic E-state index is 13.3. The lowest BCUT2D eigenvalue weighted by Gasteiger charge is -2.15. The van der Waals surface area contributed by atoms with Gasteiger partial charge < -0.3 is 9.47 Å². The van der Waals surface area contributed by atoms with Crippen molar-refractivity contribution in [3.05, 3.63) is 86.4 Å². The van der Waals surface area contributed by atoms with E-state index in [-0.39, 0.29) is 28.4 Å². The molecule has 0 bridgehead atoms. The van der Waals surface area contributed by atoms with Gasteiger partial charge >= 0.3 is 0 Å². The molecule has 3 heterocycles. The summed E-state index contributed by atoms with van der Waals surface area (Å²) in [7, 11) is 1.55. The summed E-state index contributed by atoms with van der Waals surface area (Å²) in [5, 5.41) is 0. The number of rotatable bonds is 7. The van der Waals surface area contributed by atoms with Crippen molar-refractivity contribution >= 4 is 15.9 Å². The van der Waals surface area contributed by atoms with Crippen LogP contribution < -0.4 is 15.0 Å². The van der Waals surface area contributed by atoms with Gasteiger partial charge in [-0.25, -0.2) is 15.0 Å². The fraction of sp³-hybridized carbons (Fsp3) is 0.269. The fourth-order valence-electron chi connectivity index (χ4n) is 3.59. The van der Waals surface area contributed by atoms with E-state index in [4.69, 9.17) is 14.5 Å². The van der Waals surface area contributed by atoms with Crippen LogP contribution in [0.2, 0.25) is 0 Å². The Morgan fingerprint density at radius 2 is 1.83 bits per heavy atom. The minimum absolute atomic E-state index is 0.145. The second-order valence-electron chi connectivity index (χ2n) is 8.34. The number of methoxy groups -OCH3 is 1. The third-order valence-electron chi connectivity index (χ3n) is 5.40. The maximum Gasteiger partial charge on any atom is 0.276 e. The molecule has 35 heavy (non-hydrogen) atoms. The topological polar surface area (TPSA) is 92.0 Å². The number of pyridine rings is 1. The summed E-state index contributed by atoms with van der Waals surface area (Å²) >= 11 is 3.38. The van der Waals surface area contributed by atoms with Crippen molar-refractivity contribution in [2.24, 2.45) is 0 Å². The van der Waals surface area contributed by atoms with Crippen LogP contribution in [-0.2, 0) is 6.61 Å². The summed E-state index contributed by atoms with van der Waals surface area (Å²) < 4.78 is 12.7. The number of hydrogen-bond acceptors (Lipinski definition) is 7. The lowest BCUT2D eigenvalue weighted by atomic mass is 10.1. The highest BCUT2D eigenvalue weighted by Crippen LogP contribution is 2.26. The summed E-state index contributed by atoms with van der Waals surface area (Å²) in [5.74, 6) is 2.18. The van der Waals surface area contributed by atoms with Crippen LogP contribution in [0.3, 0.4) is 0 Å². The quantitative estimate of drug-likeness (QED) is 0.322.